The number of rotatable bonds is 4. The van der Waals surface area contributed by atoms with Gasteiger partial charge in [-0.25, -0.2) is 0 Å². The number of hydrogen-bond donors (Lipinski definition) is 1. The molecule has 1 aromatic carbocycles. The standard InChI is InChI=1S/C15H18O3/c1-18-13-6-5-12(10-3-2-4-11(10)13)15(7-8-15)9-14(16)17/h5-6H,2-4,7-9H2,1H3,(H,16,17). The number of carbonyl (C=O) groups is 1. The third kappa shape index (κ3) is 1.69. The zero-order valence-electron chi connectivity index (χ0n) is 10.7. The molecule has 0 spiro atoms. The number of benzene rings is 1. The molecule has 1 N–H and O–H groups in total. The minimum Gasteiger partial charge on any atom is -0.496 e. The van der Waals surface area contributed by atoms with Gasteiger partial charge in [-0.15, -0.1) is 0 Å². The van der Waals surface area contributed by atoms with Crippen LogP contribution in [0.3, 0.4) is 0 Å². The maximum absolute atomic E-state index is 11.0. The van der Waals surface area contributed by atoms with Crippen molar-refractivity contribution in [1.82, 2.24) is 0 Å². The zero-order chi connectivity index (χ0) is 12.8. The van der Waals surface area contributed by atoms with Crippen LogP contribution in [-0.4, -0.2) is 18.2 Å². The molecule has 3 nitrogen and oxygen atoms in total. The lowest BCUT2D eigenvalue weighted by atomic mass is 9.86. The summed E-state index contributed by atoms with van der Waals surface area (Å²) in [7, 11) is 1.71. The van der Waals surface area contributed by atoms with Crippen LogP contribution in [0.4, 0.5) is 0 Å². The molecule has 0 radical (unpaired) electrons. The highest BCUT2D eigenvalue weighted by Crippen LogP contribution is 2.54. The molecular formula is C15H18O3. The fourth-order valence-electron chi connectivity index (χ4n) is 3.34. The highest BCUT2D eigenvalue weighted by Gasteiger charge is 2.47. The molecule has 0 unspecified atom stereocenters. The molecule has 0 bridgehead atoms. The molecule has 3 heteroatoms. The highest BCUT2D eigenvalue weighted by molar-refractivity contribution is 5.70. The van der Waals surface area contributed by atoms with E-state index in [9.17, 15) is 4.79 Å². The fourth-order valence-corrected chi connectivity index (χ4v) is 3.34. The second kappa shape index (κ2) is 4.01. The van der Waals surface area contributed by atoms with Crippen LogP contribution in [0.25, 0.3) is 0 Å². The lowest BCUT2D eigenvalue weighted by Gasteiger charge is -2.19. The van der Waals surface area contributed by atoms with Gasteiger partial charge in [-0.05, 0) is 54.9 Å². The van der Waals surface area contributed by atoms with Crippen molar-refractivity contribution in [2.24, 2.45) is 0 Å². The van der Waals surface area contributed by atoms with Crippen molar-refractivity contribution < 1.29 is 14.6 Å². The van der Waals surface area contributed by atoms with Gasteiger partial charge in [-0.2, -0.15) is 0 Å². The smallest absolute Gasteiger partial charge is 0.304 e. The normalized spacial score (nSPS) is 19.4. The Bertz CT molecular complexity index is 501. The second-order valence-corrected chi connectivity index (χ2v) is 5.48. The Balaban J connectivity index is 2.04. The molecule has 96 valence electrons. The van der Waals surface area contributed by atoms with Gasteiger partial charge in [0.2, 0.25) is 0 Å². The Morgan fingerprint density at radius 3 is 2.67 bits per heavy atom. The van der Waals surface area contributed by atoms with Crippen molar-refractivity contribution in [2.45, 2.75) is 43.9 Å². The first-order valence-electron chi connectivity index (χ1n) is 6.57. The number of carboxylic acid groups (broad SMARTS) is 1. The maximum Gasteiger partial charge on any atom is 0.304 e. The summed E-state index contributed by atoms with van der Waals surface area (Å²) < 4.78 is 5.41. The van der Waals surface area contributed by atoms with E-state index in [1.807, 2.05) is 6.07 Å². The summed E-state index contributed by atoms with van der Waals surface area (Å²) in [4.78, 5) is 11.0. The Kier molecular flexibility index (Phi) is 2.58. The van der Waals surface area contributed by atoms with Gasteiger partial charge in [-0.1, -0.05) is 6.07 Å². The van der Waals surface area contributed by atoms with E-state index >= 15 is 0 Å². The molecule has 2 aliphatic carbocycles. The predicted molar refractivity (Wildman–Crippen MR) is 68.2 cm³/mol. The molecule has 3 rings (SSSR count). The lowest BCUT2D eigenvalue weighted by Crippen LogP contribution is -2.15. The van der Waals surface area contributed by atoms with E-state index in [-0.39, 0.29) is 11.8 Å². The van der Waals surface area contributed by atoms with E-state index < -0.39 is 5.97 Å². The molecule has 0 atom stereocenters. The van der Waals surface area contributed by atoms with Crippen LogP contribution in [0.5, 0.6) is 5.75 Å². The summed E-state index contributed by atoms with van der Waals surface area (Å²) in [5, 5.41) is 9.08. The Morgan fingerprint density at radius 2 is 2.06 bits per heavy atom. The minimum absolute atomic E-state index is 0.0769. The molecular weight excluding hydrogens is 228 g/mol. The summed E-state index contributed by atoms with van der Waals surface area (Å²) in [6.45, 7) is 0. The van der Waals surface area contributed by atoms with Crippen molar-refractivity contribution in [3.8, 4) is 5.75 Å². The van der Waals surface area contributed by atoms with Crippen LogP contribution in [0, 0.1) is 0 Å². The van der Waals surface area contributed by atoms with Crippen LogP contribution in [-0.2, 0) is 23.1 Å². The zero-order valence-corrected chi connectivity index (χ0v) is 10.7. The first-order chi connectivity index (χ1) is 8.66. The van der Waals surface area contributed by atoms with Crippen molar-refractivity contribution in [1.29, 1.82) is 0 Å². The largest absolute Gasteiger partial charge is 0.496 e. The quantitative estimate of drug-likeness (QED) is 0.888. The van der Waals surface area contributed by atoms with Crippen molar-refractivity contribution in [3.63, 3.8) is 0 Å². The number of fused-ring (bicyclic) bond motifs is 1. The lowest BCUT2D eigenvalue weighted by molar-refractivity contribution is -0.137. The molecule has 1 fully saturated rings. The van der Waals surface area contributed by atoms with Crippen LogP contribution in [0.15, 0.2) is 12.1 Å². The topological polar surface area (TPSA) is 46.5 Å². The summed E-state index contributed by atoms with van der Waals surface area (Å²) >= 11 is 0. The summed E-state index contributed by atoms with van der Waals surface area (Å²) in [6.07, 6.45) is 5.59. The predicted octanol–water partition coefficient (Wildman–Crippen LogP) is 2.69. The number of methoxy groups -OCH3 is 1. The molecule has 18 heavy (non-hydrogen) atoms. The molecule has 0 heterocycles. The number of ether oxygens (including phenoxy) is 1. The molecule has 0 aliphatic heterocycles. The first kappa shape index (κ1) is 11.6. The van der Waals surface area contributed by atoms with E-state index in [4.69, 9.17) is 9.84 Å². The fraction of sp³-hybridized carbons (Fsp3) is 0.533. The monoisotopic (exact) mass is 246 g/mol. The third-order valence-corrected chi connectivity index (χ3v) is 4.38. The average Bonchev–Trinajstić information content (AvgIpc) is 2.92. The van der Waals surface area contributed by atoms with Crippen LogP contribution < -0.4 is 4.74 Å². The van der Waals surface area contributed by atoms with E-state index in [2.05, 4.69) is 6.07 Å². The van der Waals surface area contributed by atoms with Gasteiger partial charge in [0.25, 0.3) is 0 Å². The average molecular weight is 246 g/mol. The summed E-state index contributed by atoms with van der Waals surface area (Å²) in [6, 6.07) is 4.11. The van der Waals surface area contributed by atoms with E-state index in [0.29, 0.717) is 0 Å². The molecule has 0 saturated heterocycles. The Morgan fingerprint density at radius 1 is 1.33 bits per heavy atom. The van der Waals surface area contributed by atoms with Crippen molar-refractivity contribution >= 4 is 5.97 Å². The molecule has 2 aliphatic rings. The summed E-state index contributed by atoms with van der Waals surface area (Å²) in [5.41, 5.74) is 3.88. The third-order valence-electron chi connectivity index (χ3n) is 4.38. The highest BCUT2D eigenvalue weighted by atomic mass is 16.5. The maximum atomic E-state index is 11.0. The Labute approximate surface area is 107 Å². The van der Waals surface area contributed by atoms with Crippen molar-refractivity contribution in [3.05, 3.63) is 28.8 Å². The minimum atomic E-state index is -0.685. The van der Waals surface area contributed by atoms with Gasteiger partial charge in [0.05, 0.1) is 13.5 Å². The SMILES string of the molecule is COc1ccc(C2(CC(=O)O)CC2)c2c1CCC2. The van der Waals surface area contributed by atoms with Gasteiger partial charge < -0.3 is 9.84 Å². The van der Waals surface area contributed by atoms with Gasteiger partial charge in [0.1, 0.15) is 5.75 Å². The van der Waals surface area contributed by atoms with E-state index in [0.717, 1.165) is 37.9 Å². The van der Waals surface area contributed by atoms with Crippen LogP contribution >= 0.6 is 0 Å². The number of hydrogen-bond acceptors (Lipinski definition) is 2. The van der Waals surface area contributed by atoms with E-state index in [1.54, 1.807) is 7.11 Å². The van der Waals surface area contributed by atoms with Gasteiger partial charge in [0.15, 0.2) is 0 Å². The Hall–Kier alpha value is -1.51. The number of carboxylic acids is 1. The molecule has 0 aromatic heterocycles. The van der Waals surface area contributed by atoms with Crippen LogP contribution in [0.1, 0.15) is 42.4 Å². The molecule has 1 saturated carbocycles. The van der Waals surface area contributed by atoms with Gasteiger partial charge in [-0.3, -0.25) is 4.79 Å². The molecule has 1 aromatic rings. The summed E-state index contributed by atoms with van der Waals surface area (Å²) in [5.74, 6) is 0.285. The first-order valence-corrected chi connectivity index (χ1v) is 6.57. The van der Waals surface area contributed by atoms with Crippen LogP contribution in [0.2, 0.25) is 0 Å². The number of aliphatic carboxylic acids is 1. The van der Waals surface area contributed by atoms with Gasteiger partial charge in [0, 0.05) is 5.41 Å². The second-order valence-electron chi connectivity index (χ2n) is 5.48. The van der Waals surface area contributed by atoms with E-state index in [1.165, 1.54) is 16.7 Å². The molecule has 0 amide bonds. The van der Waals surface area contributed by atoms with Crippen molar-refractivity contribution in [2.75, 3.05) is 7.11 Å². The van der Waals surface area contributed by atoms with Gasteiger partial charge >= 0.3 is 5.97 Å².